The van der Waals surface area contributed by atoms with Crippen LogP contribution in [-0.4, -0.2) is 87.5 Å². The highest BCUT2D eigenvalue weighted by molar-refractivity contribution is 5.76. The minimum absolute atomic E-state index is 0.189. The highest BCUT2D eigenvalue weighted by Gasteiger charge is 2.44. The van der Waals surface area contributed by atoms with Crippen molar-refractivity contribution in [2.75, 3.05) is 13.2 Å². The standard InChI is InChI=1S/C56H105NO8/c1-3-5-7-9-11-13-15-17-19-21-23-25-26-27-29-31-33-35-37-39-41-43-45-50(59)49(48-64-56-55(63)54(62)53(61)51(47-58)65-56)57-52(60)46-44-42-40-38-36-34-32-30-28-24-22-20-18-16-14-12-10-8-6-4-2/h24,28,35,37,43,45,49-51,53-56,58-59,61-63H,3-23,25-27,29-34,36,38-42,44,46-48H2,1-2H3,(H,57,60)/b28-24-,37-35+,45-43+. The number of carbonyl (C=O) groups excluding carboxylic acids is 1. The lowest BCUT2D eigenvalue weighted by Crippen LogP contribution is -2.60. The van der Waals surface area contributed by atoms with Gasteiger partial charge in [-0.15, -0.1) is 0 Å². The largest absolute Gasteiger partial charge is 0.394 e. The van der Waals surface area contributed by atoms with Crippen LogP contribution in [0.4, 0.5) is 0 Å². The number of amides is 1. The first kappa shape index (κ1) is 61.4. The summed E-state index contributed by atoms with van der Waals surface area (Å²) in [6.07, 6.45) is 52.0. The van der Waals surface area contributed by atoms with Gasteiger partial charge in [0.05, 0.1) is 25.4 Å². The molecule has 1 rings (SSSR count). The Morgan fingerprint density at radius 3 is 1.29 bits per heavy atom. The van der Waals surface area contributed by atoms with E-state index >= 15 is 0 Å². The molecule has 0 radical (unpaired) electrons. The molecule has 0 spiro atoms. The average molecular weight is 920 g/mol. The Morgan fingerprint density at radius 1 is 0.508 bits per heavy atom. The van der Waals surface area contributed by atoms with Crippen LogP contribution in [0.25, 0.3) is 0 Å². The second-order valence-corrected chi connectivity index (χ2v) is 19.4. The van der Waals surface area contributed by atoms with E-state index in [9.17, 15) is 30.3 Å². The molecule has 0 aromatic rings. The fourth-order valence-corrected chi connectivity index (χ4v) is 8.76. The molecule has 0 saturated carbocycles. The van der Waals surface area contributed by atoms with E-state index in [-0.39, 0.29) is 12.5 Å². The normalized spacial score (nSPS) is 20.1. The first-order valence-corrected chi connectivity index (χ1v) is 27.7. The van der Waals surface area contributed by atoms with Gasteiger partial charge in [0.15, 0.2) is 6.29 Å². The maximum atomic E-state index is 13.0. The summed E-state index contributed by atoms with van der Waals surface area (Å²) in [5, 5.41) is 54.4. The summed E-state index contributed by atoms with van der Waals surface area (Å²) >= 11 is 0. The fraction of sp³-hybridized carbons (Fsp3) is 0.875. The Morgan fingerprint density at radius 2 is 0.877 bits per heavy atom. The van der Waals surface area contributed by atoms with E-state index in [0.717, 1.165) is 51.4 Å². The second kappa shape index (κ2) is 46.2. The van der Waals surface area contributed by atoms with Crippen molar-refractivity contribution in [3.05, 3.63) is 36.5 Å². The molecule has 0 aliphatic carbocycles. The van der Waals surface area contributed by atoms with Crippen LogP contribution in [0.15, 0.2) is 36.5 Å². The third-order valence-corrected chi connectivity index (χ3v) is 13.2. The molecule has 65 heavy (non-hydrogen) atoms. The lowest BCUT2D eigenvalue weighted by atomic mass is 9.99. The Kier molecular flexibility index (Phi) is 43.6. The van der Waals surface area contributed by atoms with Gasteiger partial charge in [-0.3, -0.25) is 4.79 Å². The molecule has 9 nitrogen and oxygen atoms in total. The van der Waals surface area contributed by atoms with Crippen molar-refractivity contribution in [3.8, 4) is 0 Å². The maximum Gasteiger partial charge on any atom is 0.220 e. The smallest absolute Gasteiger partial charge is 0.220 e. The predicted molar refractivity (Wildman–Crippen MR) is 272 cm³/mol. The summed E-state index contributed by atoms with van der Waals surface area (Å²) in [4.78, 5) is 13.0. The van der Waals surface area contributed by atoms with E-state index in [2.05, 4.69) is 43.5 Å². The van der Waals surface area contributed by atoms with Crippen LogP contribution in [0, 0.1) is 0 Å². The van der Waals surface area contributed by atoms with Crippen molar-refractivity contribution < 1.29 is 39.8 Å². The van der Waals surface area contributed by atoms with Gasteiger partial charge in [0.1, 0.15) is 24.4 Å². The predicted octanol–water partition coefficient (Wildman–Crippen LogP) is 13.2. The zero-order valence-electron chi connectivity index (χ0n) is 42.3. The van der Waals surface area contributed by atoms with Crippen LogP contribution in [0.1, 0.15) is 258 Å². The quantitative estimate of drug-likeness (QED) is 0.0261. The van der Waals surface area contributed by atoms with Crippen molar-refractivity contribution in [1.82, 2.24) is 5.32 Å². The lowest BCUT2D eigenvalue weighted by molar-refractivity contribution is -0.302. The van der Waals surface area contributed by atoms with Crippen molar-refractivity contribution in [2.24, 2.45) is 0 Å². The Labute approximate surface area is 400 Å². The number of nitrogens with one attached hydrogen (secondary N) is 1. The molecule has 0 aromatic carbocycles. The van der Waals surface area contributed by atoms with E-state index in [1.807, 2.05) is 6.08 Å². The number of hydrogen-bond acceptors (Lipinski definition) is 8. The molecule has 382 valence electrons. The summed E-state index contributed by atoms with van der Waals surface area (Å²) in [5.41, 5.74) is 0. The molecule has 7 unspecified atom stereocenters. The van der Waals surface area contributed by atoms with Gasteiger partial charge < -0.3 is 40.3 Å². The molecule has 1 aliphatic rings. The molecule has 0 aromatic heterocycles. The van der Waals surface area contributed by atoms with Crippen molar-refractivity contribution in [3.63, 3.8) is 0 Å². The van der Waals surface area contributed by atoms with E-state index in [1.54, 1.807) is 6.08 Å². The zero-order chi connectivity index (χ0) is 47.3. The Hall–Kier alpha value is -1.59. The van der Waals surface area contributed by atoms with Crippen LogP contribution >= 0.6 is 0 Å². The van der Waals surface area contributed by atoms with Crippen LogP contribution in [0.2, 0.25) is 0 Å². The average Bonchev–Trinajstić information content (AvgIpc) is 3.31. The number of hydrogen-bond donors (Lipinski definition) is 6. The maximum absolute atomic E-state index is 13.0. The highest BCUT2D eigenvalue weighted by Crippen LogP contribution is 2.23. The topological polar surface area (TPSA) is 149 Å². The summed E-state index contributed by atoms with van der Waals surface area (Å²) in [6.45, 7) is 3.78. The van der Waals surface area contributed by atoms with Crippen LogP contribution < -0.4 is 5.32 Å². The minimum atomic E-state index is -1.57. The number of aliphatic hydroxyl groups excluding tert-OH is 5. The first-order chi connectivity index (χ1) is 31.8. The van der Waals surface area contributed by atoms with Crippen molar-refractivity contribution >= 4 is 5.91 Å². The fourth-order valence-electron chi connectivity index (χ4n) is 8.76. The Bertz CT molecular complexity index is 1110. The molecule has 1 amide bonds. The van der Waals surface area contributed by atoms with Gasteiger partial charge in [-0.1, -0.05) is 230 Å². The van der Waals surface area contributed by atoms with Gasteiger partial charge in [-0.05, 0) is 57.8 Å². The molecule has 6 N–H and O–H groups in total. The molecule has 7 atom stereocenters. The van der Waals surface area contributed by atoms with E-state index in [1.165, 1.54) is 186 Å². The second-order valence-electron chi connectivity index (χ2n) is 19.4. The summed E-state index contributed by atoms with van der Waals surface area (Å²) in [7, 11) is 0. The van der Waals surface area contributed by atoms with Gasteiger partial charge in [0.2, 0.25) is 5.91 Å². The van der Waals surface area contributed by atoms with E-state index in [0.29, 0.717) is 6.42 Å². The SMILES string of the molecule is CCCCCCCCCCC/C=C\CCCCCCCCCC(=O)NC(COC1OC(CO)C(O)C(O)C1O)C(O)/C=C/CC/C=C/CCCCCCCCCCCCCCCCCC. The van der Waals surface area contributed by atoms with Crippen molar-refractivity contribution in [2.45, 2.75) is 301 Å². The third-order valence-electron chi connectivity index (χ3n) is 13.2. The van der Waals surface area contributed by atoms with E-state index < -0.39 is 49.5 Å². The van der Waals surface area contributed by atoms with Crippen LogP contribution in [0.3, 0.4) is 0 Å². The van der Waals surface area contributed by atoms with Crippen LogP contribution in [0.5, 0.6) is 0 Å². The number of allylic oxidation sites excluding steroid dienone is 5. The summed E-state index contributed by atoms with van der Waals surface area (Å²) in [5.74, 6) is -0.189. The molecule has 1 aliphatic heterocycles. The highest BCUT2D eigenvalue weighted by atomic mass is 16.7. The first-order valence-electron chi connectivity index (χ1n) is 27.7. The minimum Gasteiger partial charge on any atom is -0.394 e. The molecule has 1 saturated heterocycles. The molecular formula is C56H105NO8. The third kappa shape index (κ3) is 36.1. The van der Waals surface area contributed by atoms with Gasteiger partial charge in [-0.25, -0.2) is 0 Å². The Balaban J connectivity index is 2.28. The number of ether oxygens (including phenoxy) is 2. The zero-order valence-corrected chi connectivity index (χ0v) is 42.3. The molecule has 1 heterocycles. The van der Waals surface area contributed by atoms with Gasteiger partial charge in [-0.2, -0.15) is 0 Å². The summed E-state index contributed by atoms with van der Waals surface area (Å²) in [6, 6.07) is -0.823. The lowest BCUT2D eigenvalue weighted by Gasteiger charge is -2.40. The number of carbonyl (C=O) groups is 1. The molecule has 0 bridgehead atoms. The van der Waals surface area contributed by atoms with Gasteiger partial charge >= 0.3 is 0 Å². The number of aliphatic hydroxyl groups is 5. The number of unbranched alkanes of at least 4 members (excludes halogenated alkanes) is 33. The van der Waals surface area contributed by atoms with E-state index in [4.69, 9.17) is 9.47 Å². The monoisotopic (exact) mass is 920 g/mol. The van der Waals surface area contributed by atoms with Crippen LogP contribution in [-0.2, 0) is 14.3 Å². The van der Waals surface area contributed by atoms with Crippen molar-refractivity contribution in [1.29, 1.82) is 0 Å². The number of rotatable bonds is 47. The molecular weight excluding hydrogens is 815 g/mol. The molecule has 9 heteroatoms. The summed E-state index contributed by atoms with van der Waals surface area (Å²) < 4.78 is 11.2. The molecule has 1 fully saturated rings. The van der Waals surface area contributed by atoms with Gasteiger partial charge in [0.25, 0.3) is 0 Å². The van der Waals surface area contributed by atoms with Gasteiger partial charge in [0, 0.05) is 6.42 Å².